The van der Waals surface area contributed by atoms with E-state index in [1.807, 2.05) is 6.07 Å². The molecule has 180 valence electrons. The maximum Gasteiger partial charge on any atom is 0.0491 e. The number of anilines is 2. The van der Waals surface area contributed by atoms with E-state index < -0.39 is 0 Å². The first-order chi connectivity index (χ1) is 18.1. The summed E-state index contributed by atoms with van der Waals surface area (Å²) >= 11 is 0. The van der Waals surface area contributed by atoms with Gasteiger partial charge in [0.1, 0.15) is 0 Å². The van der Waals surface area contributed by atoms with Gasteiger partial charge in [0.05, 0.1) is 0 Å². The second kappa shape index (κ2) is 8.65. The Balaban J connectivity index is 1.36. The summed E-state index contributed by atoms with van der Waals surface area (Å²) in [7, 11) is 0. The molecular weight excluding hydrogens is 450 g/mol. The summed E-state index contributed by atoms with van der Waals surface area (Å²) in [5.74, 6) is 0.301. The van der Waals surface area contributed by atoms with E-state index in [-0.39, 0.29) is 6.04 Å². The summed E-state index contributed by atoms with van der Waals surface area (Å²) in [6.45, 7) is 0.767. The third kappa shape index (κ3) is 3.80. The van der Waals surface area contributed by atoms with Crippen LogP contribution in [0.25, 0.3) is 45.2 Å². The average Bonchev–Trinajstić information content (AvgIpc) is 3.32. The average molecular weight is 480 g/mol. The Kier molecular flexibility index (Phi) is 5.12. The van der Waals surface area contributed by atoms with E-state index in [0.29, 0.717) is 5.92 Å². The van der Waals surface area contributed by atoms with Gasteiger partial charge >= 0.3 is 0 Å². The minimum absolute atomic E-state index is 0.0118. The van der Waals surface area contributed by atoms with Gasteiger partial charge < -0.3 is 16.8 Å². The van der Waals surface area contributed by atoms with Crippen LogP contribution in [0.15, 0.2) is 97.1 Å². The Labute approximate surface area is 216 Å². The Morgan fingerprint density at radius 1 is 0.676 bits per heavy atom. The predicted octanol–water partition coefficient (Wildman–Crippen LogP) is 5.93. The molecule has 0 aromatic heterocycles. The van der Waals surface area contributed by atoms with Gasteiger partial charge in [0.15, 0.2) is 0 Å². The van der Waals surface area contributed by atoms with E-state index in [4.69, 9.17) is 11.5 Å². The van der Waals surface area contributed by atoms with Gasteiger partial charge in [-0.2, -0.15) is 0 Å². The molecule has 5 aromatic carbocycles. The van der Waals surface area contributed by atoms with Gasteiger partial charge in [0.25, 0.3) is 0 Å². The second-order valence-electron chi connectivity index (χ2n) is 10.2. The number of nitrogen functional groups attached to an aromatic ring is 1. The molecule has 1 aliphatic heterocycles. The van der Waals surface area contributed by atoms with Crippen molar-refractivity contribution >= 4 is 34.3 Å². The van der Waals surface area contributed by atoms with Crippen molar-refractivity contribution in [3.05, 3.63) is 119 Å². The molecule has 0 saturated heterocycles. The fraction of sp³-hybridized carbons (Fsp3) is 0.118. The highest BCUT2D eigenvalue weighted by Crippen LogP contribution is 2.42. The number of hydrogen-bond donors (Lipinski definition) is 3. The molecule has 0 radical (unpaired) electrons. The van der Waals surface area contributed by atoms with Crippen LogP contribution in [0.1, 0.15) is 29.5 Å². The molecule has 7 rings (SSSR count). The maximum absolute atomic E-state index is 6.57. The number of rotatable bonds is 3. The molecule has 3 heteroatoms. The zero-order valence-electron chi connectivity index (χ0n) is 20.6. The summed E-state index contributed by atoms with van der Waals surface area (Å²) in [5.41, 5.74) is 22.1. The van der Waals surface area contributed by atoms with Crippen LogP contribution in [0.5, 0.6) is 0 Å². The lowest BCUT2D eigenvalue weighted by Crippen LogP contribution is -2.28. The highest BCUT2D eigenvalue weighted by Gasteiger charge is 2.26. The molecule has 37 heavy (non-hydrogen) atoms. The Hall–Kier alpha value is -4.34. The van der Waals surface area contributed by atoms with Crippen molar-refractivity contribution in [1.82, 2.24) is 0 Å². The van der Waals surface area contributed by atoms with Gasteiger partial charge in [0.2, 0.25) is 0 Å². The SMILES string of the molecule is Nc1ccc(-c2cc3c(c(C4C=c5ccccc5=CC4)c2)NCC3N)cc1-c1ccc2ccccc2c1. The van der Waals surface area contributed by atoms with E-state index in [9.17, 15) is 0 Å². The third-order valence-corrected chi connectivity index (χ3v) is 7.91. The molecule has 0 saturated carbocycles. The van der Waals surface area contributed by atoms with Crippen LogP contribution in [0, 0.1) is 0 Å². The molecule has 2 atom stereocenters. The molecule has 2 unspecified atom stereocenters. The molecule has 3 nitrogen and oxygen atoms in total. The van der Waals surface area contributed by atoms with Crippen LogP contribution in [0.4, 0.5) is 11.4 Å². The molecule has 5 aromatic rings. The van der Waals surface area contributed by atoms with Crippen LogP contribution in [-0.2, 0) is 0 Å². The van der Waals surface area contributed by atoms with Crippen molar-refractivity contribution in [2.75, 3.05) is 17.6 Å². The lowest BCUT2D eigenvalue weighted by atomic mass is 9.85. The van der Waals surface area contributed by atoms with Crippen LogP contribution in [0.3, 0.4) is 0 Å². The lowest BCUT2D eigenvalue weighted by molar-refractivity contribution is 0.808. The predicted molar refractivity (Wildman–Crippen MR) is 157 cm³/mol. The van der Waals surface area contributed by atoms with E-state index in [0.717, 1.165) is 35.3 Å². The zero-order valence-corrected chi connectivity index (χ0v) is 20.6. The largest absolute Gasteiger partial charge is 0.398 e. The van der Waals surface area contributed by atoms with E-state index in [1.165, 1.54) is 43.6 Å². The Bertz CT molecular complexity index is 1800. The monoisotopic (exact) mass is 479 g/mol. The highest BCUT2D eigenvalue weighted by atomic mass is 15.0. The normalized spacial score (nSPS) is 17.9. The molecular formula is C34H29N3. The molecule has 0 amide bonds. The summed E-state index contributed by atoms with van der Waals surface area (Å²) in [4.78, 5) is 0. The summed E-state index contributed by atoms with van der Waals surface area (Å²) in [5, 5.41) is 8.66. The van der Waals surface area contributed by atoms with Crippen molar-refractivity contribution in [2.45, 2.75) is 18.4 Å². The maximum atomic E-state index is 6.57. The number of benzene rings is 5. The van der Waals surface area contributed by atoms with Crippen LogP contribution in [0.2, 0.25) is 0 Å². The van der Waals surface area contributed by atoms with Crippen molar-refractivity contribution in [2.24, 2.45) is 5.73 Å². The van der Waals surface area contributed by atoms with Crippen molar-refractivity contribution in [3.8, 4) is 22.3 Å². The molecule has 0 bridgehead atoms. The van der Waals surface area contributed by atoms with Crippen LogP contribution < -0.4 is 27.2 Å². The highest BCUT2D eigenvalue weighted by molar-refractivity contribution is 5.91. The van der Waals surface area contributed by atoms with Crippen LogP contribution >= 0.6 is 0 Å². The molecule has 0 fully saturated rings. The molecule has 2 aliphatic rings. The lowest BCUT2D eigenvalue weighted by Gasteiger charge is -2.21. The van der Waals surface area contributed by atoms with Gasteiger partial charge in [-0.1, -0.05) is 78.9 Å². The Morgan fingerprint density at radius 2 is 1.43 bits per heavy atom. The topological polar surface area (TPSA) is 64.1 Å². The minimum Gasteiger partial charge on any atom is -0.398 e. The smallest absolute Gasteiger partial charge is 0.0491 e. The first-order valence-corrected chi connectivity index (χ1v) is 13.0. The van der Waals surface area contributed by atoms with Crippen molar-refractivity contribution in [1.29, 1.82) is 0 Å². The number of nitrogens with one attached hydrogen (secondary N) is 1. The van der Waals surface area contributed by atoms with Gasteiger partial charge in [-0.3, -0.25) is 0 Å². The number of hydrogen-bond acceptors (Lipinski definition) is 3. The molecule has 1 heterocycles. The van der Waals surface area contributed by atoms with Crippen molar-refractivity contribution < 1.29 is 0 Å². The zero-order chi connectivity index (χ0) is 24.9. The van der Waals surface area contributed by atoms with E-state index in [2.05, 4.69) is 108 Å². The van der Waals surface area contributed by atoms with Gasteiger partial charge in [-0.15, -0.1) is 0 Å². The van der Waals surface area contributed by atoms with Gasteiger partial charge in [0, 0.05) is 35.4 Å². The molecule has 1 aliphatic carbocycles. The fourth-order valence-corrected chi connectivity index (χ4v) is 5.91. The quantitative estimate of drug-likeness (QED) is 0.281. The minimum atomic E-state index is -0.0118. The third-order valence-electron chi connectivity index (χ3n) is 7.91. The first kappa shape index (κ1) is 21.9. The molecule has 5 N–H and O–H groups in total. The van der Waals surface area contributed by atoms with Crippen molar-refractivity contribution in [3.63, 3.8) is 0 Å². The summed E-state index contributed by atoms with van der Waals surface area (Å²) in [6, 6.07) is 34.6. The van der Waals surface area contributed by atoms with Crippen LogP contribution in [-0.4, -0.2) is 6.54 Å². The Morgan fingerprint density at radius 3 is 2.32 bits per heavy atom. The summed E-state index contributed by atoms with van der Waals surface area (Å²) in [6.07, 6.45) is 5.74. The first-order valence-electron chi connectivity index (χ1n) is 13.0. The van der Waals surface area contributed by atoms with E-state index >= 15 is 0 Å². The second-order valence-corrected chi connectivity index (χ2v) is 10.2. The standard InChI is InChI=1S/C34H29N3/c35-32-14-13-25(17-29(32)26-11-9-21-5-1-3-7-23(21)15-26)28-18-30(34-31(19-28)33(36)20-37-34)27-12-10-22-6-2-4-8-24(22)16-27/h1-11,13-19,27,33,37H,12,20,35-36H2. The van der Waals surface area contributed by atoms with Gasteiger partial charge in [-0.05, 0) is 85.8 Å². The van der Waals surface area contributed by atoms with E-state index in [1.54, 1.807) is 0 Å². The molecule has 0 spiro atoms. The van der Waals surface area contributed by atoms with Gasteiger partial charge in [-0.25, -0.2) is 0 Å². The fourth-order valence-electron chi connectivity index (χ4n) is 5.91. The number of fused-ring (bicyclic) bond motifs is 3. The summed E-state index contributed by atoms with van der Waals surface area (Å²) < 4.78 is 0. The number of nitrogens with two attached hydrogens (primary N) is 2.